The zero-order valence-corrected chi connectivity index (χ0v) is 8.91. The minimum absolute atomic E-state index is 0.259. The van der Waals surface area contributed by atoms with E-state index in [0.29, 0.717) is 5.58 Å². The molecular formula is C9H10N2O3S. The van der Waals surface area contributed by atoms with Crippen LogP contribution in [0.1, 0.15) is 5.56 Å². The van der Waals surface area contributed by atoms with E-state index in [1.54, 1.807) is 12.1 Å². The Balaban J connectivity index is 2.21. The Morgan fingerprint density at radius 1 is 1.47 bits per heavy atom. The van der Waals surface area contributed by atoms with Crippen LogP contribution in [0.5, 0.6) is 0 Å². The first kappa shape index (κ1) is 10.1. The van der Waals surface area contributed by atoms with Gasteiger partial charge in [0.05, 0.1) is 6.26 Å². The molecule has 1 aromatic carbocycles. The highest BCUT2D eigenvalue weighted by molar-refractivity contribution is 7.88. The topological polar surface area (TPSA) is 72.2 Å². The molecule has 0 amide bonds. The largest absolute Gasteiger partial charge is 0.443 e. The summed E-state index contributed by atoms with van der Waals surface area (Å²) >= 11 is 0. The molecule has 2 aromatic rings. The number of hydrogen-bond donors (Lipinski definition) is 1. The highest BCUT2D eigenvalue weighted by Gasteiger charge is 2.03. The summed E-state index contributed by atoms with van der Waals surface area (Å²) in [7, 11) is -3.16. The van der Waals surface area contributed by atoms with Gasteiger partial charge in [0.1, 0.15) is 5.52 Å². The second kappa shape index (κ2) is 3.63. The third kappa shape index (κ3) is 2.54. The van der Waals surface area contributed by atoms with E-state index in [-0.39, 0.29) is 6.54 Å². The third-order valence-electron chi connectivity index (χ3n) is 1.93. The molecule has 0 radical (unpaired) electrons. The standard InChI is InChI=1S/C9H10N2O3S/c1-15(12,13)11-5-7-2-3-8-9(4-7)14-6-10-8/h2-4,6,11H,5H2,1H3. The fourth-order valence-electron chi connectivity index (χ4n) is 1.22. The number of nitrogens with one attached hydrogen (secondary N) is 1. The summed E-state index contributed by atoms with van der Waals surface area (Å²) in [6.45, 7) is 0.259. The van der Waals surface area contributed by atoms with Crippen LogP contribution in [0.4, 0.5) is 0 Å². The van der Waals surface area contributed by atoms with Crippen molar-refractivity contribution < 1.29 is 12.8 Å². The first-order valence-electron chi connectivity index (χ1n) is 4.31. The van der Waals surface area contributed by atoms with Crippen molar-refractivity contribution in [1.29, 1.82) is 0 Å². The van der Waals surface area contributed by atoms with Crippen LogP contribution in [0.2, 0.25) is 0 Å². The molecule has 1 N–H and O–H groups in total. The maximum Gasteiger partial charge on any atom is 0.209 e. The molecule has 6 heteroatoms. The van der Waals surface area contributed by atoms with Gasteiger partial charge in [-0.2, -0.15) is 0 Å². The molecule has 0 aliphatic rings. The molecule has 0 spiro atoms. The van der Waals surface area contributed by atoms with Crippen molar-refractivity contribution in [3.05, 3.63) is 30.2 Å². The van der Waals surface area contributed by atoms with Crippen LogP contribution in [0.15, 0.2) is 29.0 Å². The van der Waals surface area contributed by atoms with Crippen LogP contribution >= 0.6 is 0 Å². The van der Waals surface area contributed by atoms with Crippen molar-refractivity contribution in [2.45, 2.75) is 6.54 Å². The van der Waals surface area contributed by atoms with Crippen molar-refractivity contribution in [3.63, 3.8) is 0 Å². The van der Waals surface area contributed by atoms with Gasteiger partial charge in [-0.1, -0.05) is 6.07 Å². The smallest absolute Gasteiger partial charge is 0.209 e. The second-order valence-corrected chi connectivity index (χ2v) is 5.08. The number of rotatable bonds is 3. The molecule has 0 aliphatic heterocycles. The lowest BCUT2D eigenvalue weighted by Crippen LogP contribution is -2.21. The fraction of sp³-hybridized carbons (Fsp3) is 0.222. The van der Waals surface area contributed by atoms with Gasteiger partial charge >= 0.3 is 0 Å². The molecule has 15 heavy (non-hydrogen) atoms. The van der Waals surface area contributed by atoms with E-state index in [0.717, 1.165) is 17.3 Å². The predicted octanol–water partition coefficient (Wildman–Crippen LogP) is 0.877. The molecule has 5 nitrogen and oxygen atoms in total. The van der Waals surface area contributed by atoms with Crippen molar-refractivity contribution in [2.75, 3.05) is 6.26 Å². The first-order valence-corrected chi connectivity index (χ1v) is 6.20. The van der Waals surface area contributed by atoms with E-state index in [9.17, 15) is 8.42 Å². The maximum absolute atomic E-state index is 10.9. The Bertz CT molecular complexity index is 574. The Kier molecular flexibility index (Phi) is 2.45. The van der Waals surface area contributed by atoms with Gasteiger partial charge in [-0.3, -0.25) is 0 Å². The summed E-state index contributed by atoms with van der Waals surface area (Å²) in [4.78, 5) is 3.96. The molecule has 0 saturated heterocycles. The molecule has 0 unspecified atom stereocenters. The summed E-state index contributed by atoms with van der Waals surface area (Å²) in [6, 6.07) is 5.36. The van der Waals surface area contributed by atoms with Gasteiger partial charge in [0.15, 0.2) is 12.0 Å². The minimum Gasteiger partial charge on any atom is -0.443 e. The quantitative estimate of drug-likeness (QED) is 0.843. The maximum atomic E-state index is 10.9. The van der Waals surface area contributed by atoms with Crippen molar-refractivity contribution in [2.24, 2.45) is 0 Å². The van der Waals surface area contributed by atoms with Gasteiger partial charge in [0.25, 0.3) is 0 Å². The van der Waals surface area contributed by atoms with Gasteiger partial charge < -0.3 is 4.42 Å². The van der Waals surface area contributed by atoms with Gasteiger partial charge in [0.2, 0.25) is 10.0 Å². The van der Waals surface area contributed by atoms with Crippen molar-refractivity contribution >= 4 is 21.1 Å². The zero-order chi connectivity index (χ0) is 10.9. The van der Waals surface area contributed by atoms with E-state index in [1.807, 2.05) is 6.07 Å². The number of hydrogen-bond acceptors (Lipinski definition) is 4. The fourth-order valence-corrected chi connectivity index (χ4v) is 1.65. The highest BCUT2D eigenvalue weighted by Crippen LogP contribution is 2.14. The SMILES string of the molecule is CS(=O)(=O)NCc1ccc2ncoc2c1. The average Bonchev–Trinajstić information content (AvgIpc) is 2.60. The molecule has 1 heterocycles. The molecule has 0 fully saturated rings. The lowest BCUT2D eigenvalue weighted by Gasteiger charge is -2.01. The molecule has 0 bridgehead atoms. The molecule has 2 rings (SSSR count). The monoisotopic (exact) mass is 226 g/mol. The molecule has 1 aromatic heterocycles. The molecular weight excluding hydrogens is 216 g/mol. The van der Waals surface area contributed by atoms with Crippen molar-refractivity contribution in [3.8, 4) is 0 Å². The van der Waals surface area contributed by atoms with Crippen molar-refractivity contribution in [1.82, 2.24) is 9.71 Å². The zero-order valence-electron chi connectivity index (χ0n) is 8.10. The number of nitrogens with zero attached hydrogens (tertiary/aromatic N) is 1. The summed E-state index contributed by atoms with van der Waals surface area (Å²) in [5, 5.41) is 0. The Morgan fingerprint density at radius 3 is 3.00 bits per heavy atom. The lowest BCUT2D eigenvalue weighted by atomic mass is 10.2. The number of sulfonamides is 1. The molecule has 0 aliphatic carbocycles. The molecule has 0 atom stereocenters. The van der Waals surface area contributed by atoms with Gasteiger partial charge in [-0.15, -0.1) is 0 Å². The van der Waals surface area contributed by atoms with Gasteiger partial charge in [-0.25, -0.2) is 18.1 Å². The van der Waals surface area contributed by atoms with Gasteiger partial charge in [-0.05, 0) is 17.7 Å². The number of fused-ring (bicyclic) bond motifs is 1. The third-order valence-corrected chi connectivity index (χ3v) is 2.60. The predicted molar refractivity (Wildman–Crippen MR) is 55.7 cm³/mol. The highest BCUT2D eigenvalue weighted by atomic mass is 32.2. The van der Waals surface area contributed by atoms with E-state index < -0.39 is 10.0 Å². The minimum atomic E-state index is -3.16. The first-order chi connectivity index (χ1) is 7.04. The summed E-state index contributed by atoms with van der Waals surface area (Å²) in [5.74, 6) is 0. The van der Waals surface area contributed by atoms with Crippen LogP contribution < -0.4 is 4.72 Å². The normalized spacial score (nSPS) is 12.1. The van der Waals surface area contributed by atoms with E-state index in [2.05, 4.69) is 9.71 Å². The lowest BCUT2D eigenvalue weighted by molar-refractivity contribution is 0.586. The summed E-state index contributed by atoms with van der Waals surface area (Å²) in [6.07, 6.45) is 2.48. The van der Waals surface area contributed by atoms with Crippen LogP contribution in [0.3, 0.4) is 0 Å². The summed E-state index contributed by atoms with van der Waals surface area (Å²) in [5.41, 5.74) is 2.26. The number of aromatic nitrogens is 1. The van der Waals surface area contributed by atoms with Crippen LogP contribution in [0.25, 0.3) is 11.1 Å². The average molecular weight is 226 g/mol. The Labute approximate surface area is 87.2 Å². The Hall–Kier alpha value is -1.40. The van der Waals surface area contributed by atoms with Crippen LogP contribution in [-0.4, -0.2) is 19.7 Å². The van der Waals surface area contributed by atoms with Crippen LogP contribution in [-0.2, 0) is 16.6 Å². The van der Waals surface area contributed by atoms with Crippen LogP contribution in [0, 0.1) is 0 Å². The second-order valence-electron chi connectivity index (χ2n) is 3.25. The number of benzene rings is 1. The Morgan fingerprint density at radius 2 is 2.27 bits per heavy atom. The van der Waals surface area contributed by atoms with E-state index in [1.165, 1.54) is 6.39 Å². The molecule has 80 valence electrons. The van der Waals surface area contributed by atoms with E-state index in [4.69, 9.17) is 4.42 Å². The van der Waals surface area contributed by atoms with Gasteiger partial charge in [0, 0.05) is 6.54 Å². The number of oxazole rings is 1. The summed E-state index contributed by atoms with van der Waals surface area (Å²) < 4.78 is 29.2. The van der Waals surface area contributed by atoms with E-state index >= 15 is 0 Å². The molecule has 0 saturated carbocycles.